The Morgan fingerprint density at radius 1 is 1.26 bits per heavy atom. The van der Waals surface area contributed by atoms with Crippen LogP contribution in [0.4, 0.5) is 5.69 Å². The Labute approximate surface area is 195 Å². The van der Waals surface area contributed by atoms with Gasteiger partial charge in [0.15, 0.2) is 0 Å². The third-order valence-electron chi connectivity index (χ3n) is 4.89. The van der Waals surface area contributed by atoms with E-state index in [-0.39, 0.29) is 11.5 Å². The van der Waals surface area contributed by atoms with E-state index in [0.717, 1.165) is 15.6 Å². The maximum Gasteiger partial charge on any atom is 0.263 e. The van der Waals surface area contributed by atoms with Gasteiger partial charge in [0, 0.05) is 21.1 Å². The first kappa shape index (κ1) is 21.5. The highest BCUT2D eigenvalue weighted by atomic mass is 79.9. The molecule has 9 heteroatoms. The first-order chi connectivity index (χ1) is 14.9. The number of nitrogens with zero attached hydrogens (tertiary/aromatic N) is 2. The fourth-order valence-corrected chi connectivity index (χ4v) is 4.61. The molecule has 1 atom stereocenters. The molecular formula is C22H17BrClN3O3S. The van der Waals surface area contributed by atoms with Gasteiger partial charge in [0.25, 0.3) is 5.56 Å². The highest BCUT2D eigenvalue weighted by Gasteiger charge is 2.20. The van der Waals surface area contributed by atoms with E-state index >= 15 is 0 Å². The van der Waals surface area contributed by atoms with Crippen LogP contribution in [0.2, 0.25) is 5.02 Å². The highest BCUT2D eigenvalue weighted by molar-refractivity contribution is 9.10. The standard InChI is InChI=1S/C22H17BrClN3O3S/c1-12(20(28)26-15-7-8-18(30-2)17(24)9-15)27-11-25-21-19(22(27)29)16(10-31-21)13-3-5-14(23)6-4-13/h3-12H,1-2H3,(H,26,28). The van der Waals surface area contributed by atoms with Crippen LogP contribution in [0.3, 0.4) is 0 Å². The number of aromatic nitrogens is 2. The Morgan fingerprint density at radius 3 is 2.68 bits per heavy atom. The Bertz CT molecular complexity index is 1330. The summed E-state index contributed by atoms with van der Waals surface area (Å²) < 4.78 is 7.42. The largest absolute Gasteiger partial charge is 0.495 e. The Hall–Kier alpha value is -2.68. The quantitative estimate of drug-likeness (QED) is 0.365. The zero-order valence-corrected chi connectivity index (χ0v) is 19.7. The van der Waals surface area contributed by atoms with Crippen molar-refractivity contribution in [3.8, 4) is 16.9 Å². The normalized spacial score (nSPS) is 12.0. The molecule has 4 rings (SSSR count). The second kappa shape index (κ2) is 8.82. The summed E-state index contributed by atoms with van der Waals surface area (Å²) in [6.07, 6.45) is 1.41. The van der Waals surface area contributed by atoms with E-state index in [1.807, 2.05) is 29.6 Å². The molecule has 2 aromatic heterocycles. The van der Waals surface area contributed by atoms with Gasteiger partial charge in [-0.15, -0.1) is 11.3 Å². The van der Waals surface area contributed by atoms with Crippen molar-refractivity contribution in [2.75, 3.05) is 12.4 Å². The zero-order valence-electron chi connectivity index (χ0n) is 16.6. The number of amides is 1. The molecule has 0 spiro atoms. The number of hydrogen-bond donors (Lipinski definition) is 1. The zero-order chi connectivity index (χ0) is 22.1. The summed E-state index contributed by atoms with van der Waals surface area (Å²) in [4.78, 5) is 31.2. The summed E-state index contributed by atoms with van der Waals surface area (Å²) in [6, 6.07) is 11.9. The molecule has 0 saturated carbocycles. The van der Waals surface area contributed by atoms with Gasteiger partial charge in [-0.05, 0) is 42.8 Å². The molecule has 2 aromatic carbocycles. The van der Waals surface area contributed by atoms with Gasteiger partial charge in [0.1, 0.15) is 16.6 Å². The second-order valence-corrected chi connectivity index (χ2v) is 8.99. The number of ether oxygens (including phenoxy) is 1. The van der Waals surface area contributed by atoms with Crippen LogP contribution in [-0.2, 0) is 4.79 Å². The number of carbonyl (C=O) groups is 1. The molecule has 158 valence electrons. The molecule has 0 aliphatic heterocycles. The Balaban J connectivity index is 1.67. The molecule has 0 aliphatic rings. The van der Waals surface area contributed by atoms with E-state index < -0.39 is 6.04 Å². The molecule has 0 aliphatic carbocycles. The Kier molecular flexibility index (Phi) is 6.13. The molecule has 2 heterocycles. The number of carbonyl (C=O) groups excluding carboxylic acids is 1. The molecule has 1 unspecified atom stereocenters. The third kappa shape index (κ3) is 4.23. The van der Waals surface area contributed by atoms with Crippen LogP contribution in [0, 0.1) is 0 Å². The number of thiophene rings is 1. The van der Waals surface area contributed by atoms with Crippen molar-refractivity contribution in [1.82, 2.24) is 9.55 Å². The molecule has 0 saturated heterocycles. The van der Waals surface area contributed by atoms with Crippen molar-refractivity contribution >= 4 is 60.7 Å². The number of methoxy groups -OCH3 is 1. The summed E-state index contributed by atoms with van der Waals surface area (Å²) in [5, 5.41) is 5.58. The minimum Gasteiger partial charge on any atom is -0.495 e. The van der Waals surface area contributed by atoms with Gasteiger partial charge in [0.05, 0.1) is 23.8 Å². The SMILES string of the molecule is COc1ccc(NC(=O)C(C)n2cnc3scc(-c4ccc(Br)cc4)c3c2=O)cc1Cl. The van der Waals surface area contributed by atoms with Crippen molar-refractivity contribution in [2.45, 2.75) is 13.0 Å². The van der Waals surface area contributed by atoms with E-state index in [0.29, 0.717) is 26.7 Å². The highest BCUT2D eigenvalue weighted by Crippen LogP contribution is 2.32. The fourth-order valence-electron chi connectivity index (χ4n) is 3.18. The van der Waals surface area contributed by atoms with Gasteiger partial charge in [0.2, 0.25) is 5.91 Å². The summed E-state index contributed by atoms with van der Waals surface area (Å²) in [5.74, 6) is 0.154. The molecule has 1 amide bonds. The van der Waals surface area contributed by atoms with Gasteiger partial charge in [-0.2, -0.15) is 0 Å². The number of rotatable bonds is 5. The smallest absolute Gasteiger partial charge is 0.263 e. The van der Waals surface area contributed by atoms with Crippen LogP contribution in [0.15, 0.2) is 63.4 Å². The van der Waals surface area contributed by atoms with Crippen LogP contribution in [0.1, 0.15) is 13.0 Å². The maximum absolute atomic E-state index is 13.3. The number of benzene rings is 2. The van der Waals surface area contributed by atoms with E-state index in [4.69, 9.17) is 16.3 Å². The van der Waals surface area contributed by atoms with Crippen LogP contribution in [0.25, 0.3) is 21.3 Å². The number of halogens is 2. The minimum absolute atomic E-state index is 0.264. The lowest BCUT2D eigenvalue weighted by Gasteiger charge is -2.15. The third-order valence-corrected chi connectivity index (χ3v) is 6.60. The molecule has 6 nitrogen and oxygen atoms in total. The first-order valence-corrected chi connectivity index (χ1v) is 11.3. The lowest BCUT2D eigenvalue weighted by Crippen LogP contribution is -2.31. The molecule has 0 bridgehead atoms. The minimum atomic E-state index is -0.775. The monoisotopic (exact) mass is 517 g/mol. The summed E-state index contributed by atoms with van der Waals surface area (Å²) >= 11 is 11.0. The van der Waals surface area contributed by atoms with Gasteiger partial charge >= 0.3 is 0 Å². The predicted octanol–water partition coefficient (Wildman–Crippen LogP) is 5.75. The number of nitrogens with one attached hydrogen (secondary N) is 1. The predicted molar refractivity (Wildman–Crippen MR) is 128 cm³/mol. The number of anilines is 1. The van der Waals surface area contributed by atoms with Crippen molar-refractivity contribution in [1.29, 1.82) is 0 Å². The van der Waals surface area contributed by atoms with E-state index in [9.17, 15) is 9.59 Å². The lowest BCUT2D eigenvalue weighted by molar-refractivity contribution is -0.118. The van der Waals surface area contributed by atoms with E-state index in [1.54, 1.807) is 25.1 Å². The summed E-state index contributed by atoms with van der Waals surface area (Å²) in [7, 11) is 1.52. The molecule has 4 aromatic rings. The number of fused-ring (bicyclic) bond motifs is 1. The second-order valence-electron chi connectivity index (χ2n) is 6.81. The van der Waals surface area contributed by atoms with E-state index in [1.165, 1.54) is 29.3 Å². The van der Waals surface area contributed by atoms with E-state index in [2.05, 4.69) is 26.2 Å². The van der Waals surface area contributed by atoms with Crippen molar-refractivity contribution in [2.24, 2.45) is 0 Å². The number of hydrogen-bond acceptors (Lipinski definition) is 5. The molecular weight excluding hydrogens is 502 g/mol. The van der Waals surface area contributed by atoms with Gasteiger partial charge in [-0.1, -0.05) is 39.7 Å². The molecule has 31 heavy (non-hydrogen) atoms. The summed E-state index contributed by atoms with van der Waals surface area (Å²) in [5.41, 5.74) is 1.96. The van der Waals surface area contributed by atoms with Crippen LogP contribution < -0.4 is 15.6 Å². The van der Waals surface area contributed by atoms with Crippen molar-refractivity contribution in [3.63, 3.8) is 0 Å². The van der Waals surface area contributed by atoms with Crippen LogP contribution in [0.5, 0.6) is 5.75 Å². The average molecular weight is 519 g/mol. The Morgan fingerprint density at radius 2 is 2.00 bits per heavy atom. The van der Waals surface area contributed by atoms with Gasteiger partial charge in [-0.3, -0.25) is 14.2 Å². The fraction of sp³-hybridized carbons (Fsp3) is 0.136. The average Bonchev–Trinajstić information content (AvgIpc) is 3.19. The topological polar surface area (TPSA) is 73.2 Å². The maximum atomic E-state index is 13.3. The first-order valence-electron chi connectivity index (χ1n) is 9.27. The lowest BCUT2D eigenvalue weighted by atomic mass is 10.1. The van der Waals surface area contributed by atoms with Gasteiger partial charge < -0.3 is 10.1 Å². The molecule has 0 fully saturated rings. The van der Waals surface area contributed by atoms with Crippen molar-refractivity contribution < 1.29 is 9.53 Å². The molecule has 0 radical (unpaired) electrons. The summed E-state index contributed by atoms with van der Waals surface area (Å²) in [6.45, 7) is 1.65. The van der Waals surface area contributed by atoms with Crippen LogP contribution in [-0.4, -0.2) is 22.6 Å². The van der Waals surface area contributed by atoms with Crippen molar-refractivity contribution in [3.05, 3.63) is 74.0 Å². The van der Waals surface area contributed by atoms with Gasteiger partial charge in [-0.25, -0.2) is 4.98 Å². The molecule has 1 N–H and O–H groups in total. The van der Waals surface area contributed by atoms with Crippen LogP contribution >= 0.6 is 38.9 Å².